The number of thiazole rings is 1. The van der Waals surface area contributed by atoms with Gasteiger partial charge in [0.05, 0.1) is 12.3 Å². The van der Waals surface area contributed by atoms with Gasteiger partial charge in [0, 0.05) is 30.5 Å². The molecule has 4 rings (SSSR count). The van der Waals surface area contributed by atoms with Crippen LogP contribution in [0.4, 0.5) is 10.8 Å². The fraction of sp³-hybridized carbons (Fsp3) is 0.500. The summed E-state index contributed by atoms with van der Waals surface area (Å²) < 4.78 is 16.8. The van der Waals surface area contributed by atoms with E-state index < -0.39 is 29.1 Å². The van der Waals surface area contributed by atoms with Crippen LogP contribution in [-0.4, -0.2) is 36.2 Å². The Bertz CT molecular complexity index is 931. The minimum atomic E-state index is -1.28. The second-order valence-electron chi connectivity index (χ2n) is 8.57. The van der Waals surface area contributed by atoms with Crippen LogP contribution in [-0.2, 0) is 29.4 Å². The maximum Gasteiger partial charge on any atom is 0.324 e. The molecule has 3 unspecified atom stereocenters. The van der Waals surface area contributed by atoms with Gasteiger partial charge in [0.25, 0.3) is 0 Å². The largest absolute Gasteiger partial charge is 0.459 e. The quantitative estimate of drug-likeness (QED) is 0.524. The predicted molar refractivity (Wildman–Crippen MR) is 112 cm³/mol. The highest BCUT2D eigenvalue weighted by Gasteiger charge is 2.65. The number of hydrogen-bond acceptors (Lipinski definition) is 8. The molecule has 1 aromatic heterocycles. The first-order valence-corrected chi connectivity index (χ1v) is 11.0. The second-order valence-corrected chi connectivity index (χ2v) is 9.43. The highest BCUT2D eigenvalue weighted by atomic mass is 32.1. The van der Waals surface area contributed by atoms with Crippen LogP contribution >= 0.6 is 11.3 Å². The SMILES string of the molecule is CC(C)COCC1CC2(CC(C)(c3csc(Nc4ccccc4)n3)OC2=O)C(=O)O1. The van der Waals surface area contributed by atoms with E-state index in [1.807, 2.05) is 35.7 Å². The first kappa shape index (κ1) is 20.8. The van der Waals surface area contributed by atoms with Crippen molar-refractivity contribution >= 4 is 34.1 Å². The third-order valence-corrected chi connectivity index (χ3v) is 6.17. The number of esters is 2. The maximum absolute atomic E-state index is 12.8. The number of nitrogens with zero attached hydrogens (tertiary/aromatic N) is 1. The van der Waals surface area contributed by atoms with E-state index in [1.165, 1.54) is 11.3 Å². The van der Waals surface area contributed by atoms with Crippen molar-refractivity contribution in [2.24, 2.45) is 11.3 Å². The summed E-state index contributed by atoms with van der Waals surface area (Å²) >= 11 is 1.43. The molecule has 1 aromatic carbocycles. The monoisotopic (exact) mass is 430 g/mol. The number of carbonyl (C=O) groups is 2. The van der Waals surface area contributed by atoms with E-state index in [1.54, 1.807) is 6.92 Å². The molecule has 2 aliphatic heterocycles. The van der Waals surface area contributed by atoms with Crippen LogP contribution in [0.15, 0.2) is 35.7 Å². The molecule has 3 atom stereocenters. The van der Waals surface area contributed by atoms with Crippen molar-refractivity contribution in [2.45, 2.75) is 45.3 Å². The minimum Gasteiger partial charge on any atom is -0.459 e. The Labute approximate surface area is 179 Å². The second kappa shape index (κ2) is 8.00. The van der Waals surface area contributed by atoms with Gasteiger partial charge in [-0.3, -0.25) is 9.59 Å². The molecule has 7 nitrogen and oxygen atoms in total. The van der Waals surface area contributed by atoms with Crippen molar-refractivity contribution in [3.8, 4) is 0 Å². The first-order chi connectivity index (χ1) is 14.3. The van der Waals surface area contributed by atoms with Crippen LogP contribution in [0.5, 0.6) is 0 Å². The summed E-state index contributed by atoms with van der Waals surface area (Å²) in [6.07, 6.45) is 0.0571. The molecule has 2 saturated heterocycles. The van der Waals surface area contributed by atoms with Gasteiger partial charge in [-0.05, 0) is 25.0 Å². The topological polar surface area (TPSA) is 86.8 Å². The Morgan fingerprint density at radius 2 is 2.03 bits per heavy atom. The van der Waals surface area contributed by atoms with Gasteiger partial charge in [-0.15, -0.1) is 11.3 Å². The van der Waals surface area contributed by atoms with E-state index in [2.05, 4.69) is 24.1 Å². The summed E-state index contributed by atoms with van der Waals surface area (Å²) in [5, 5.41) is 5.80. The minimum absolute atomic E-state index is 0.215. The zero-order chi connectivity index (χ0) is 21.4. The molecule has 0 saturated carbocycles. The third-order valence-electron chi connectivity index (χ3n) is 5.41. The van der Waals surface area contributed by atoms with Crippen LogP contribution in [0.2, 0.25) is 0 Å². The van der Waals surface area contributed by atoms with Crippen molar-refractivity contribution in [3.05, 3.63) is 41.4 Å². The van der Waals surface area contributed by atoms with Crippen LogP contribution < -0.4 is 5.32 Å². The number of rotatable bonds is 7. The Hall–Kier alpha value is -2.45. The molecule has 1 N–H and O–H groups in total. The molecule has 0 radical (unpaired) electrons. The number of benzene rings is 1. The van der Waals surface area contributed by atoms with Crippen molar-refractivity contribution in [1.29, 1.82) is 0 Å². The number of carbonyl (C=O) groups excluding carboxylic acids is 2. The molecule has 160 valence electrons. The Morgan fingerprint density at radius 1 is 1.27 bits per heavy atom. The molecule has 0 bridgehead atoms. The van der Waals surface area contributed by atoms with Gasteiger partial charge in [0.2, 0.25) is 0 Å². The van der Waals surface area contributed by atoms with Crippen LogP contribution in [0.3, 0.4) is 0 Å². The van der Waals surface area contributed by atoms with Crippen LogP contribution in [0.1, 0.15) is 39.3 Å². The van der Waals surface area contributed by atoms with Crippen molar-refractivity contribution in [3.63, 3.8) is 0 Å². The normalized spacial score (nSPS) is 28.2. The van der Waals surface area contributed by atoms with E-state index in [-0.39, 0.29) is 19.4 Å². The zero-order valence-corrected chi connectivity index (χ0v) is 18.2. The van der Waals surface area contributed by atoms with Gasteiger partial charge in [-0.25, -0.2) is 4.98 Å². The molecule has 2 aliphatic rings. The Morgan fingerprint density at radius 3 is 2.77 bits per heavy atom. The van der Waals surface area contributed by atoms with E-state index in [9.17, 15) is 9.59 Å². The zero-order valence-electron chi connectivity index (χ0n) is 17.3. The summed E-state index contributed by atoms with van der Waals surface area (Å²) in [5.41, 5.74) is -0.704. The average molecular weight is 431 g/mol. The lowest BCUT2D eigenvalue weighted by molar-refractivity contribution is -0.160. The molecule has 1 spiro atoms. The number of hydrogen-bond donors (Lipinski definition) is 1. The van der Waals surface area contributed by atoms with Gasteiger partial charge in [-0.1, -0.05) is 32.0 Å². The highest BCUT2D eigenvalue weighted by molar-refractivity contribution is 7.13. The Kier molecular flexibility index (Phi) is 5.55. The fourth-order valence-electron chi connectivity index (χ4n) is 3.97. The lowest BCUT2D eigenvalue weighted by Gasteiger charge is -2.20. The first-order valence-electron chi connectivity index (χ1n) is 10.1. The summed E-state index contributed by atoms with van der Waals surface area (Å²) in [5.74, 6) is -0.668. The van der Waals surface area contributed by atoms with Crippen molar-refractivity contribution in [2.75, 3.05) is 18.5 Å². The average Bonchev–Trinajstić information content (AvgIpc) is 3.35. The van der Waals surface area contributed by atoms with Crippen molar-refractivity contribution in [1.82, 2.24) is 4.98 Å². The Balaban J connectivity index is 1.46. The van der Waals surface area contributed by atoms with Gasteiger partial charge < -0.3 is 19.5 Å². The van der Waals surface area contributed by atoms with Crippen LogP contribution in [0.25, 0.3) is 0 Å². The molecular weight excluding hydrogens is 404 g/mol. The highest BCUT2D eigenvalue weighted by Crippen LogP contribution is 2.52. The molecule has 8 heteroatoms. The number of cyclic esters (lactones) is 2. The molecule has 30 heavy (non-hydrogen) atoms. The summed E-state index contributed by atoms with van der Waals surface area (Å²) in [6, 6.07) is 9.72. The molecule has 0 aliphatic carbocycles. The lowest BCUT2D eigenvalue weighted by Crippen LogP contribution is -2.32. The third kappa shape index (κ3) is 3.94. The van der Waals surface area contributed by atoms with Crippen LogP contribution in [0, 0.1) is 11.3 Å². The molecular formula is C22H26N2O5S. The molecule has 3 heterocycles. The van der Waals surface area contributed by atoms with Gasteiger partial charge in [0.1, 0.15) is 6.10 Å². The summed E-state index contributed by atoms with van der Waals surface area (Å²) in [6.45, 7) is 6.78. The molecule has 2 fully saturated rings. The van der Waals surface area contributed by atoms with E-state index in [0.717, 1.165) is 5.69 Å². The summed E-state index contributed by atoms with van der Waals surface area (Å²) in [7, 11) is 0. The van der Waals surface area contributed by atoms with Crippen molar-refractivity contribution < 1.29 is 23.8 Å². The number of aromatic nitrogens is 1. The number of nitrogens with one attached hydrogen (secondary N) is 1. The lowest BCUT2D eigenvalue weighted by atomic mass is 9.78. The van der Waals surface area contributed by atoms with Gasteiger partial charge >= 0.3 is 11.9 Å². The number of ether oxygens (including phenoxy) is 3. The summed E-state index contributed by atoms with van der Waals surface area (Å²) in [4.78, 5) is 30.1. The number of para-hydroxylation sites is 1. The molecule has 0 amide bonds. The maximum atomic E-state index is 12.8. The predicted octanol–water partition coefficient (Wildman–Crippen LogP) is 4.02. The molecule has 2 aromatic rings. The van der Waals surface area contributed by atoms with E-state index >= 15 is 0 Å². The smallest absolute Gasteiger partial charge is 0.324 e. The fourth-order valence-corrected chi connectivity index (χ4v) is 4.82. The van der Waals surface area contributed by atoms with E-state index in [0.29, 0.717) is 23.4 Å². The number of anilines is 2. The van der Waals surface area contributed by atoms with Gasteiger partial charge in [-0.2, -0.15) is 0 Å². The van der Waals surface area contributed by atoms with E-state index in [4.69, 9.17) is 14.2 Å². The standard InChI is InChI=1S/C22H26N2O5S/c1-14(2)10-27-11-16-9-22(18(25)28-16)13-21(3,29-19(22)26)17-12-30-20(24-17)23-15-7-5-4-6-8-15/h4-8,12,14,16H,9-11,13H2,1-3H3,(H,23,24). The van der Waals surface area contributed by atoms with Gasteiger partial charge in [0.15, 0.2) is 16.1 Å².